The number of nitrogens with zero attached hydrogens (tertiary/aromatic N) is 2. The molecular formula is C28H40N2. The summed E-state index contributed by atoms with van der Waals surface area (Å²) in [5, 5.41) is 0. The minimum atomic E-state index is 0.481. The van der Waals surface area contributed by atoms with Crippen molar-refractivity contribution in [1.29, 1.82) is 0 Å². The van der Waals surface area contributed by atoms with Gasteiger partial charge in [-0.25, -0.2) is 0 Å². The summed E-state index contributed by atoms with van der Waals surface area (Å²) < 4.78 is 0. The summed E-state index contributed by atoms with van der Waals surface area (Å²) in [5.74, 6) is 3.04. The molecule has 0 amide bonds. The monoisotopic (exact) mass is 404 g/mol. The lowest BCUT2D eigenvalue weighted by atomic mass is 9.91. The SMILES string of the molecule is C=C1N(c2c(C(C)C)cccc2C(C)C)CCN1c1c(C(C)C)cccc1C(C)C. The van der Waals surface area contributed by atoms with Crippen molar-refractivity contribution in [3.05, 3.63) is 71.1 Å². The Morgan fingerprint density at radius 3 is 1.07 bits per heavy atom. The molecule has 1 aliphatic heterocycles. The van der Waals surface area contributed by atoms with E-state index in [-0.39, 0.29) is 0 Å². The molecule has 2 aromatic rings. The summed E-state index contributed by atoms with van der Waals surface area (Å²) in [6.45, 7) is 24.9. The molecule has 1 aliphatic rings. The van der Waals surface area contributed by atoms with E-state index in [1.54, 1.807) is 0 Å². The highest BCUT2D eigenvalue weighted by molar-refractivity contribution is 5.73. The molecule has 2 aromatic carbocycles. The van der Waals surface area contributed by atoms with Crippen molar-refractivity contribution in [2.24, 2.45) is 0 Å². The third kappa shape index (κ3) is 4.02. The molecule has 0 spiro atoms. The fourth-order valence-electron chi connectivity index (χ4n) is 4.73. The zero-order valence-electron chi connectivity index (χ0n) is 20.3. The Labute approximate surface area is 184 Å². The first-order valence-electron chi connectivity index (χ1n) is 11.6. The van der Waals surface area contributed by atoms with Crippen LogP contribution in [0.2, 0.25) is 0 Å². The van der Waals surface area contributed by atoms with Crippen LogP contribution in [0.25, 0.3) is 0 Å². The Morgan fingerprint density at radius 2 is 0.833 bits per heavy atom. The molecule has 0 atom stereocenters. The van der Waals surface area contributed by atoms with E-state index in [9.17, 15) is 0 Å². The Balaban J connectivity index is 2.12. The van der Waals surface area contributed by atoms with Crippen molar-refractivity contribution in [3.8, 4) is 0 Å². The van der Waals surface area contributed by atoms with Crippen molar-refractivity contribution in [2.45, 2.75) is 79.1 Å². The first kappa shape index (κ1) is 22.5. The number of hydrogen-bond donors (Lipinski definition) is 0. The van der Waals surface area contributed by atoms with Gasteiger partial charge in [0, 0.05) is 24.5 Å². The van der Waals surface area contributed by atoms with E-state index < -0.39 is 0 Å². The molecule has 0 N–H and O–H groups in total. The van der Waals surface area contributed by atoms with Crippen LogP contribution in [0, 0.1) is 0 Å². The van der Waals surface area contributed by atoms with Crippen LogP contribution in [0.15, 0.2) is 48.8 Å². The normalized spacial score (nSPS) is 14.9. The quantitative estimate of drug-likeness (QED) is 0.481. The third-order valence-electron chi connectivity index (χ3n) is 6.40. The van der Waals surface area contributed by atoms with Crippen LogP contribution >= 0.6 is 0 Å². The number of benzene rings is 2. The van der Waals surface area contributed by atoms with Gasteiger partial charge < -0.3 is 9.80 Å². The van der Waals surface area contributed by atoms with Gasteiger partial charge in [0.1, 0.15) is 5.82 Å². The maximum absolute atomic E-state index is 4.62. The molecule has 1 saturated heterocycles. The predicted octanol–water partition coefficient (Wildman–Crippen LogP) is 7.98. The minimum Gasteiger partial charge on any atom is -0.326 e. The molecular weight excluding hydrogens is 364 g/mol. The van der Waals surface area contributed by atoms with E-state index >= 15 is 0 Å². The summed E-state index contributed by atoms with van der Waals surface area (Å²) in [5.41, 5.74) is 8.44. The molecule has 30 heavy (non-hydrogen) atoms. The van der Waals surface area contributed by atoms with Gasteiger partial charge in [0.15, 0.2) is 0 Å². The van der Waals surface area contributed by atoms with E-state index in [0.717, 1.165) is 18.9 Å². The van der Waals surface area contributed by atoms with Crippen LogP contribution in [0.3, 0.4) is 0 Å². The summed E-state index contributed by atoms with van der Waals surface area (Å²) in [4.78, 5) is 4.96. The van der Waals surface area contributed by atoms with E-state index in [2.05, 4.69) is 108 Å². The maximum Gasteiger partial charge on any atom is 0.106 e. The van der Waals surface area contributed by atoms with Crippen LogP contribution in [-0.2, 0) is 0 Å². The topological polar surface area (TPSA) is 6.48 Å². The summed E-state index contributed by atoms with van der Waals surface area (Å²) in [6.07, 6.45) is 0. The highest BCUT2D eigenvalue weighted by Gasteiger charge is 2.32. The average molecular weight is 405 g/mol. The average Bonchev–Trinajstić information content (AvgIpc) is 3.07. The zero-order chi connectivity index (χ0) is 22.2. The van der Waals surface area contributed by atoms with Crippen LogP contribution in [0.5, 0.6) is 0 Å². The molecule has 162 valence electrons. The summed E-state index contributed by atoms with van der Waals surface area (Å²) in [6, 6.07) is 13.6. The van der Waals surface area contributed by atoms with Gasteiger partial charge in [0.25, 0.3) is 0 Å². The number of para-hydroxylation sites is 2. The number of anilines is 2. The Bertz CT molecular complexity index is 779. The van der Waals surface area contributed by atoms with Crippen LogP contribution < -0.4 is 9.80 Å². The standard InChI is InChI=1S/C28H40N2/c1-18(2)23-12-10-13-24(19(3)4)27(23)29-16-17-30(22(29)9)28-25(20(5)6)14-11-15-26(28)21(7)8/h10-15,18-21H,9,16-17H2,1-8H3. The van der Waals surface area contributed by atoms with Crippen molar-refractivity contribution in [2.75, 3.05) is 22.9 Å². The van der Waals surface area contributed by atoms with Crippen molar-refractivity contribution in [3.63, 3.8) is 0 Å². The second-order valence-electron chi connectivity index (χ2n) is 9.91. The second kappa shape index (κ2) is 8.88. The molecule has 0 unspecified atom stereocenters. The Morgan fingerprint density at radius 1 is 0.567 bits per heavy atom. The van der Waals surface area contributed by atoms with Gasteiger partial charge in [-0.15, -0.1) is 0 Å². The molecule has 0 radical (unpaired) electrons. The molecule has 3 rings (SSSR count). The van der Waals surface area contributed by atoms with E-state index in [0.29, 0.717) is 23.7 Å². The number of rotatable bonds is 6. The van der Waals surface area contributed by atoms with Gasteiger partial charge in [-0.2, -0.15) is 0 Å². The first-order valence-corrected chi connectivity index (χ1v) is 11.6. The lowest BCUT2D eigenvalue weighted by Gasteiger charge is -2.32. The molecule has 2 heteroatoms. The van der Waals surface area contributed by atoms with E-state index in [1.807, 2.05) is 0 Å². The molecule has 1 heterocycles. The van der Waals surface area contributed by atoms with Crippen LogP contribution in [0.4, 0.5) is 11.4 Å². The molecule has 1 fully saturated rings. The van der Waals surface area contributed by atoms with Gasteiger partial charge in [0.2, 0.25) is 0 Å². The minimum absolute atomic E-state index is 0.481. The van der Waals surface area contributed by atoms with Crippen LogP contribution in [0.1, 0.15) is 101 Å². The number of hydrogen-bond acceptors (Lipinski definition) is 2. The maximum atomic E-state index is 4.62. The Hall–Kier alpha value is -2.22. The predicted molar refractivity (Wildman–Crippen MR) is 133 cm³/mol. The largest absolute Gasteiger partial charge is 0.326 e. The molecule has 0 aliphatic carbocycles. The van der Waals surface area contributed by atoms with Gasteiger partial charge in [0.05, 0.1) is 0 Å². The molecule has 0 saturated carbocycles. The smallest absolute Gasteiger partial charge is 0.106 e. The highest BCUT2D eigenvalue weighted by Crippen LogP contribution is 2.43. The second-order valence-corrected chi connectivity index (χ2v) is 9.91. The van der Waals surface area contributed by atoms with Gasteiger partial charge in [-0.05, 0) is 45.9 Å². The first-order chi connectivity index (χ1) is 14.1. The fraction of sp³-hybridized carbons (Fsp3) is 0.500. The fourth-order valence-corrected chi connectivity index (χ4v) is 4.73. The molecule has 2 nitrogen and oxygen atoms in total. The lowest BCUT2D eigenvalue weighted by molar-refractivity contribution is 0.818. The van der Waals surface area contributed by atoms with Gasteiger partial charge in [-0.1, -0.05) is 98.4 Å². The summed E-state index contributed by atoms with van der Waals surface area (Å²) in [7, 11) is 0. The Kier molecular flexibility index (Phi) is 6.65. The van der Waals surface area contributed by atoms with E-state index in [1.165, 1.54) is 33.6 Å². The van der Waals surface area contributed by atoms with Crippen molar-refractivity contribution >= 4 is 11.4 Å². The van der Waals surface area contributed by atoms with E-state index in [4.69, 9.17) is 0 Å². The highest BCUT2D eigenvalue weighted by atomic mass is 15.4. The van der Waals surface area contributed by atoms with Gasteiger partial charge >= 0.3 is 0 Å². The van der Waals surface area contributed by atoms with Crippen molar-refractivity contribution < 1.29 is 0 Å². The zero-order valence-corrected chi connectivity index (χ0v) is 20.3. The molecule has 0 bridgehead atoms. The lowest BCUT2D eigenvalue weighted by Crippen LogP contribution is -2.25. The summed E-state index contributed by atoms with van der Waals surface area (Å²) >= 11 is 0. The van der Waals surface area contributed by atoms with Crippen LogP contribution in [-0.4, -0.2) is 13.1 Å². The third-order valence-corrected chi connectivity index (χ3v) is 6.40. The van der Waals surface area contributed by atoms with Crippen molar-refractivity contribution in [1.82, 2.24) is 0 Å². The van der Waals surface area contributed by atoms with Gasteiger partial charge in [-0.3, -0.25) is 0 Å². The molecule has 0 aromatic heterocycles.